The molecule has 0 spiro atoms. The van der Waals surface area contributed by atoms with Gasteiger partial charge in [-0.05, 0) is 18.2 Å². The zero-order valence-corrected chi connectivity index (χ0v) is 12.1. The Hall–Kier alpha value is -1.81. The molecular weight excluding hydrogens is 306 g/mol. The van der Waals surface area contributed by atoms with Gasteiger partial charge in [0.2, 0.25) is 0 Å². The van der Waals surface area contributed by atoms with E-state index in [-0.39, 0.29) is 0 Å². The summed E-state index contributed by atoms with van der Waals surface area (Å²) < 4.78 is 6.25. The van der Waals surface area contributed by atoms with Crippen molar-refractivity contribution in [3.63, 3.8) is 0 Å². The molecule has 97 valence electrons. The quantitative estimate of drug-likeness (QED) is 0.618. The van der Waals surface area contributed by atoms with Gasteiger partial charge in [-0.2, -0.15) is 0 Å². The van der Waals surface area contributed by atoms with Crippen LogP contribution in [0.4, 0.5) is 0 Å². The van der Waals surface area contributed by atoms with Gasteiger partial charge in [0, 0.05) is 15.6 Å². The molecule has 0 unspecified atom stereocenters. The summed E-state index contributed by atoms with van der Waals surface area (Å²) in [4.78, 5) is 5.22. The Morgan fingerprint density at radius 1 is 1.11 bits per heavy atom. The third-order valence-electron chi connectivity index (χ3n) is 2.50. The number of para-hydroxylation sites is 1. The molecule has 0 amide bonds. The first-order chi connectivity index (χ1) is 9.29. The fourth-order valence-electron chi connectivity index (χ4n) is 1.53. The van der Waals surface area contributed by atoms with Crippen molar-refractivity contribution in [2.45, 2.75) is 6.61 Å². The van der Waals surface area contributed by atoms with E-state index >= 15 is 0 Å². The smallest absolute Gasteiger partial charge is 0.145 e. The molecule has 2 rings (SSSR count). The van der Waals surface area contributed by atoms with Gasteiger partial charge in [-0.25, -0.2) is 0 Å². The fourth-order valence-corrected chi connectivity index (χ4v) is 1.80. The van der Waals surface area contributed by atoms with Gasteiger partial charge in [0.15, 0.2) is 0 Å². The average Bonchev–Trinajstić information content (AvgIpc) is 2.46. The van der Waals surface area contributed by atoms with Crippen LogP contribution in [0.25, 0.3) is 0 Å². The van der Waals surface area contributed by atoms with E-state index in [1.807, 2.05) is 48.5 Å². The number of nitrogens with zero attached hydrogens (tertiary/aromatic N) is 1. The first-order valence-corrected chi connectivity index (χ1v) is 6.54. The van der Waals surface area contributed by atoms with E-state index in [0.29, 0.717) is 6.61 Å². The van der Waals surface area contributed by atoms with E-state index in [9.17, 15) is 0 Å². The van der Waals surface area contributed by atoms with Crippen LogP contribution in [0, 0.1) is 0 Å². The summed E-state index contributed by atoms with van der Waals surface area (Å²) in [6.45, 7) is 0.355. The van der Waals surface area contributed by atoms with Gasteiger partial charge in [-0.15, -0.1) is 0 Å². The van der Waals surface area contributed by atoms with Crippen molar-refractivity contribution in [1.29, 1.82) is 0 Å². The molecule has 0 aliphatic heterocycles. The van der Waals surface area contributed by atoms with E-state index in [4.69, 9.17) is 9.57 Å². The average molecular weight is 319 g/mol. The lowest BCUT2D eigenvalue weighted by Crippen LogP contribution is -1.93. The van der Waals surface area contributed by atoms with Crippen molar-refractivity contribution < 1.29 is 9.57 Å². The highest BCUT2D eigenvalue weighted by atomic mass is 79.9. The number of methoxy groups -OCH3 is 1. The van der Waals surface area contributed by atoms with E-state index in [1.54, 1.807) is 7.11 Å². The summed E-state index contributed by atoms with van der Waals surface area (Å²) in [5.74, 6) is 0.793. The maximum Gasteiger partial charge on any atom is 0.145 e. The second-order valence-electron chi connectivity index (χ2n) is 3.80. The molecule has 3 nitrogen and oxygen atoms in total. The van der Waals surface area contributed by atoms with Crippen LogP contribution in [0.1, 0.15) is 11.1 Å². The van der Waals surface area contributed by atoms with Gasteiger partial charge in [0.1, 0.15) is 18.6 Å². The molecule has 19 heavy (non-hydrogen) atoms. The van der Waals surface area contributed by atoms with Gasteiger partial charge >= 0.3 is 0 Å². The monoisotopic (exact) mass is 318 g/mol. The number of rotatable bonds is 5. The molecule has 0 bridgehead atoms. The highest BCUT2D eigenvalue weighted by Gasteiger charge is 2.00. The summed E-state index contributed by atoms with van der Waals surface area (Å²) in [6, 6.07) is 15.3. The molecular formula is C15H13BrNO2. The highest BCUT2D eigenvalue weighted by molar-refractivity contribution is 9.10. The maximum atomic E-state index is 5.23. The fraction of sp³-hybridized carbons (Fsp3) is 0.133. The molecule has 4 heteroatoms. The lowest BCUT2D eigenvalue weighted by molar-refractivity contribution is 0.130. The second-order valence-corrected chi connectivity index (χ2v) is 4.71. The Balaban J connectivity index is 1.91. The third kappa shape index (κ3) is 4.10. The summed E-state index contributed by atoms with van der Waals surface area (Å²) in [5, 5.41) is 3.82. The van der Waals surface area contributed by atoms with E-state index in [1.165, 1.54) is 0 Å². The predicted octanol–water partition coefficient (Wildman–Crippen LogP) is 3.89. The largest absolute Gasteiger partial charge is 0.496 e. The number of hydrogen-bond donors (Lipinski definition) is 0. The van der Waals surface area contributed by atoms with Crippen molar-refractivity contribution in [3.8, 4) is 5.75 Å². The second kappa shape index (κ2) is 6.95. The van der Waals surface area contributed by atoms with E-state index in [2.05, 4.69) is 27.3 Å². The topological polar surface area (TPSA) is 30.8 Å². The number of benzene rings is 2. The molecule has 0 saturated carbocycles. The van der Waals surface area contributed by atoms with Crippen LogP contribution in [0.5, 0.6) is 5.75 Å². The standard InChI is InChI=1S/C15H13BrNO2/c1-18-15-5-3-2-4-13(15)11-19-17-10-12-6-8-14(16)9-7-12/h2-9H,11H2,1H3. The normalized spacial score (nSPS) is 10.6. The molecule has 0 aliphatic carbocycles. The van der Waals surface area contributed by atoms with Crippen LogP contribution in [-0.4, -0.2) is 13.3 Å². The van der Waals surface area contributed by atoms with Gasteiger partial charge in [0.05, 0.1) is 7.11 Å². The molecule has 1 radical (unpaired) electrons. The third-order valence-corrected chi connectivity index (χ3v) is 3.02. The molecule has 0 saturated heterocycles. The highest BCUT2D eigenvalue weighted by Crippen LogP contribution is 2.18. The Bertz CT molecular complexity index is 552. The van der Waals surface area contributed by atoms with Crippen LogP contribution in [0.2, 0.25) is 0 Å². The van der Waals surface area contributed by atoms with Gasteiger partial charge in [-0.3, -0.25) is 0 Å². The number of halogens is 1. The SMILES string of the molecule is COc1ccccc1CO/N=[C]\c1ccc(Br)cc1. The zero-order valence-electron chi connectivity index (χ0n) is 10.5. The maximum absolute atomic E-state index is 5.23. The van der Waals surface area contributed by atoms with Crippen LogP contribution < -0.4 is 4.74 Å². The van der Waals surface area contributed by atoms with Gasteiger partial charge in [0.25, 0.3) is 0 Å². The van der Waals surface area contributed by atoms with E-state index < -0.39 is 0 Å². The number of ether oxygens (including phenoxy) is 1. The molecule has 0 aromatic heterocycles. The lowest BCUT2D eigenvalue weighted by Gasteiger charge is -2.06. The number of hydrogen-bond acceptors (Lipinski definition) is 3. The van der Waals surface area contributed by atoms with Crippen molar-refractivity contribution in [1.82, 2.24) is 0 Å². The van der Waals surface area contributed by atoms with Crippen LogP contribution in [0.15, 0.2) is 58.2 Å². The molecule has 0 heterocycles. The summed E-state index contributed by atoms with van der Waals surface area (Å²) in [6.07, 6.45) is 2.82. The Morgan fingerprint density at radius 3 is 2.58 bits per heavy atom. The Labute approximate surface area is 121 Å². The van der Waals surface area contributed by atoms with Crippen LogP contribution in [-0.2, 0) is 11.4 Å². The molecule has 2 aromatic rings. The van der Waals surface area contributed by atoms with Crippen molar-refractivity contribution in [3.05, 3.63) is 64.1 Å². The minimum atomic E-state index is 0.355. The molecule has 0 aliphatic rings. The van der Waals surface area contributed by atoms with Crippen molar-refractivity contribution >= 4 is 22.1 Å². The molecule has 0 atom stereocenters. The first-order valence-electron chi connectivity index (χ1n) is 5.75. The van der Waals surface area contributed by atoms with Crippen LogP contribution >= 0.6 is 15.9 Å². The first kappa shape index (κ1) is 13.6. The Morgan fingerprint density at radius 2 is 1.84 bits per heavy atom. The zero-order chi connectivity index (χ0) is 13.5. The van der Waals surface area contributed by atoms with Gasteiger partial charge in [-0.1, -0.05) is 51.4 Å². The molecule has 0 N–H and O–H groups in total. The summed E-state index contributed by atoms with van der Waals surface area (Å²) >= 11 is 3.37. The molecule has 0 fully saturated rings. The minimum Gasteiger partial charge on any atom is -0.496 e. The minimum absolute atomic E-state index is 0.355. The summed E-state index contributed by atoms with van der Waals surface area (Å²) in [7, 11) is 1.63. The summed E-state index contributed by atoms with van der Waals surface area (Å²) in [5.41, 5.74) is 1.81. The van der Waals surface area contributed by atoms with Crippen molar-refractivity contribution in [2.75, 3.05) is 7.11 Å². The van der Waals surface area contributed by atoms with E-state index in [0.717, 1.165) is 21.3 Å². The van der Waals surface area contributed by atoms with Crippen LogP contribution in [0.3, 0.4) is 0 Å². The Kier molecular flexibility index (Phi) is 4.98. The predicted molar refractivity (Wildman–Crippen MR) is 78.5 cm³/mol. The van der Waals surface area contributed by atoms with Gasteiger partial charge < -0.3 is 9.57 Å². The lowest BCUT2D eigenvalue weighted by atomic mass is 10.2. The molecule has 2 aromatic carbocycles. The van der Waals surface area contributed by atoms with Crippen molar-refractivity contribution in [2.24, 2.45) is 5.16 Å².